The van der Waals surface area contributed by atoms with E-state index in [4.69, 9.17) is 27.9 Å². The molecule has 0 unspecified atom stereocenters. The third-order valence-corrected chi connectivity index (χ3v) is 6.13. The van der Waals surface area contributed by atoms with Crippen molar-refractivity contribution in [1.82, 2.24) is 10.2 Å². The van der Waals surface area contributed by atoms with Gasteiger partial charge in [-0.1, -0.05) is 49.2 Å². The number of nitrogens with one attached hydrogen (secondary N) is 1. The normalized spacial score (nSPS) is 11.9. The summed E-state index contributed by atoms with van der Waals surface area (Å²) in [4.78, 5) is 27.6. The molecule has 1 N–H and O–H groups in total. The fourth-order valence-electron chi connectivity index (χ4n) is 3.24. The molecule has 0 aliphatic rings. The first-order valence-electron chi connectivity index (χ1n) is 10.6. The van der Waals surface area contributed by atoms with E-state index in [1.54, 1.807) is 18.2 Å². The molecule has 32 heavy (non-hydrogen) atoms. The molecule has 2 aromatic rings. The lowest BCUT2D eigenvalue weighted by Crippen LogP contribution is -2.51. The minimum Gasteiger partial charge on any atom is -0.483 e. The van der Waals surface area contributed by atoms with Crippen LogP contribution in [0.4, 0.5) is 0 Å². The van der Waals surface area contributed by atoms with Crippen molar-refractivity contribution < 1.29 is 14.3 Å². The summed E-state index contributed by atoms with van der Waals surface area (Å²) in [7, 11) is 0. The van der Waals surface area contributed by atoms with Crippen LogP contribution < -0.4 is 10.1 Å². The third kappa shape index (κ3) is 7.39. The van der Waals surface area contributed by atoms with Crippen molar-refractivity contribution in [2.75, 3.05) is 6.61 Å². The van der Waals surface area contributed by atoms with E-state index in [1.165, 1.54) is 4.90 Å². The smallest absolute Gasteiger partial charge is 0.261 e. The second-order valence-electron chi connectivity index (χ2n) is 7.75. The van der Waals surface area contributed by atoms with Gasteiger partial charge in [0.25, 0.3) is 5.91 Å². The molecule has 0 radical (unpaired) electrons. The predicted octanol–water partition coefficient (Wildman–Crippen LogP) is 6.03. The summed E-state index contributed by atoms with van der Waals surface area (Å²) >= 11 is 15.9. The molecule has 2 aromatic carbocycles. The van der Waals surface area contributed by atoms with E-state index in [0.29, 0.717) is 27.8 Å². The summed E-state index contributed by atoms with van der Waals surface area (Å²) in [5.74, 6) is 0.0439. The van der Waals surface area contributed by atoms with Crippen molar-refractivity contribution in [1.29, 1.82) is 0 Å². The zero-order valence-corrected chi connectivity index (χ0v) is 21.9. The van der Waals surface area contributed by atoms with Gasteiger partial charge in [-0.15, -0.1) is 0 Å². The van der Waals surface area contributed by atoms with Gasteiger partial charge in [0.15, 0.2) is 6.61 Å². The molecule has 0 fully saturated rings. The number of halogens is 3. The summed E-state index contributed by atoms with van der Waals surface area (Å²) in [5, 5.41) is 3.84. The lowest BCUT2D eigenvalue weighted by Gasteiger charge is -2.31. The van der Waals surface area contributed by atoms with Crippen molar-refractivity contribution in [2.45, 2.75) is 59.2 Å². The molecule has 0 aromatic heterocycles. The molecule has 5 nitrogen and oxygen atoms in total. The Bertz CT molecular complexity index is 953. The molecule has 0 aliphatic heterocycles. The van der Waals surface area contributed by atoms with Crippen LogP contribution in [0.2, 0.25) is 10.0 Å². The second-order valence-corrected chi connectivity index (χ2v) is 9.45. The van der Waals surface area contributed by atoms with Gasteiger partial charge in [-0.05, 0) is 78.0 Å². The quantitative estimate of drug-likeness (QED) is 0.398. The molecule has 174 valence electrons. The highest BCUT2D eigenvalue weighted by molar-refractivity contribution is 9.10. The van der Waals surface area contributed by atoms with E-state index in [2.05, 4.69) is 28.2 Å². The maximum absolute atomic E-state index is 13.3. The standard InChI is InChI=1S/C24H29BrCl2N2O3/c1-5-16-7-10-22(19(25)11-16)32-14-23(30)29(21(6-2)24(31)28-15(3)4)13-17-8-9-18(26)12-20(17)27/h7-12,15,21H,5-6,13-14H2,1-4H3,(H,28,31)/t21-/m1/s1. The largest absolute Gasteiger partial charge is 0.483 e. The number of carbonyl (C=O) groups is 2. The number of carbonyl (C=O) groups excluding carboxylic acids is 2. The molecule has 0 saturated carbocycles. The van der Waals surface area contributed by atoms with Gasteiger partial charge in [-0.25, -0.2) is 0 Å². The topological polar surface area (TPSA) is 58.6 Å². The lowest BCUT2D eigenvalue weighted by molar-refractivity contribution is -0.143. The average Bonchev–Trinajstić information content (AvgIpc) is 2.73. The van der Waals surface area contributed by atoms with Crippen LogP contribution in [0.15, 0.2) is 40.9 Å². The van der Waals surface area contributed by atoms with Crippen LogP contribution in [0.5, 0.6) is 5.75 Å². The number of hydrogen-bond acceptors (Lipinski definition) is 3. The Morgan fingerprint density at radius 2 is 1.84 bits per heavy atom. The van der Waals surface area contributed by atoms with Gasteiger partial charge < -0.3 is 15.0 Å². The Labute approximate surface area is 208 Å². The summed E-state index contributed by atoms with van der Waals surface area (Å²) < 4.78 is 6.58. The molecular weight excluding hydrogens is 515 g/mol. The van der Waals surface area contributed by atoms with Gasteiger partial charge in [-0.3, -0.25) is 9.59 Å². The van der Waals surface area contributed by atoms with E-state index in [1.807, 2.05) is 39.0 Å². The van der Waals surface area contributed by atoms with Crippen molar-refractivity contribution in [3.05, 3.63) is 62.0 Å². The molecule has 0 aliphatic carbocycles. The van der Waals surface area contributed by atoms with Crippen LogP contribution in [0.3, 0.4) is 0 Å². The number of hydrogen-bond donors (Lipinski definition) is 1. The van der Waals surface area contributed by atoms with Crippen LogP contribution in [0.1, 0.15) is 45.2 Å². The van der Waals surface area contributed by atoms with E-state index in [-0.39, 0.29) is 31.0 Å². The van der Waals surface area contributed by atoms with E-state index < -0.39 is 6.04 Å². The van der Waals surface area contributed by atoms with Crippen LogP contribution in [0.25, 0.3) is 0 Å². The number of nitrogens with zero attached hydrogens (tertiary/aromatic N) is 1. The second kappa shape index (κ2) is 12.5. The number of benzene rings is 2. The molecule has 0 heterocycles. The number of rotatable bonds is 10. The van der Waals surface area contributed by atoms with E-state index in [0.717, 1.165) is 16.5 Å². The fourth-order valence-corrected chi connectivity index (χ4v) is 4.25. The SMILES string of the molecule is CCc1ccc(OCC(=O)N(Cc2ccc(Cl)cc2Cl)[C@H](CC)C(=O)NC(C)C)c(Br)c1. The molecule has 0 bridgehead atoms. The van der Waals surface area contributed by atoms with Gasteiger partial charge in [0, 0.05) is 22.6 Å². The Morgan fingerprint density at radius 3 is 2.41 bits per heavy atom. The van der Waals surface area contributed by atoms with Gasteiger partial charge >= 0.3 is 0 Å². The number of aryl methyl sites for hydroxylation is 1. The molecule has 1 atom stereocenters. The van der Waals surface area contributed by atoms with E-state index >= 15 is 0 Å². The molecule has 0 saturated heterocycles. The van der Waals surface area contributed by atoms with Gasteiger partial charge in [0.2, 0.25) is 5.91 Å². The Balaban J connectivity index is 2.27. The lowest BCUT2D eigenvalue weighted by atomic mass is 10.1. The highest BCUT2D eigenvalue weighted by Gasteiger charge is 2.30. The van der Waals surface area contributed by atoms with Gasteiger partial charge in [0.05, 0.1) is 4.47 Å². The number of ether oxygens (including phenoxy) is 1. The monoisotopic (exact) mass is 542 g/mol. The Kier molecular flexibility index (Phi) is 10.3. The van der Waals surface area contributed by atoms with Crippen molar-refractivity contribution >= 4 is 50.9 Å². The minimum atomic E-state index is -0.661. The summed E-state index contributed by atoms with van der Waals surface area (Å²) in [6.45, 7) is 7.66. The Hall–Kier alpha value is -1.76. The highest BCUT2D eigenvalue weighted by atomic mass is 79.9. The first kappa shape index (κ1) is 26.5. The minimum absolute atomic E-state index is 0.0445. The maximum Gasteiger partial charge on any atom is 0.261 e. The zero-order valence-electron chi connectivity index (χ0n) is 18.8. The number of amides is 2. The third-order valence-electron chi connectivity index (χ3n) is 4.93. The van der Waals surface area contributed by atoms with Crippen molar-refractivity contribution in [3.8, 4) is 5.75 Å². The summed E-state index contributed by atoms with van der Waals surface area (Å²) in [6, 6.07) is 10.2. The molecule has 8 heteroatoms. The zero-order chi connectivity index (χ0) is 23.8. The van der Waals surface area contributed by atoms with Gasteiger partial charge in [0.1, 0.15) is 11.8 Å². The highest BCUT2D eigenvalue weighted by Crippen LogP contribution is 2.27. The summed E-state index contributed by atoms with van der Waals surface area (Å²) in [5.41, 5.74) is 1.86. The molecular formula is C24H29BrCl2N2O3. The van der Waals surface area contributed by atoms with Gasteiger partial charge in [-0.2, -0.15) is 0 Å². The van der Waals surface area contributed by atoms with Crippen LogP contribution in [-0.2, 0) is 22.6 Å². The molecule has 2 rings (SSSR count). The predicted molar refractivity (Wildman–Crippen MR) is 133 cm³/mol. The first-order chi connectivity index (χ1) is 15.2. The maximum atomic E-state index is 13.3. The van der Waals surface area contributed by atoms with Crippen LogP contribution >= 0.6 is 39.1 Å². The van der Waals surface area contributed by atoms with Crippen LogP contribution in [0, 0.1) is 0 Å². The average molecular weight is 544 g/mol. The molecule has 0 spiro atoms. The van der Waals surface area contributed by atoms with E-state index in [9.17, 15) is 9.59 Å². The molecule has 2 amide bonds. The fraction of sp³-hybridized carbons (Fsp3) is 0.417. The van der Waals surface area contributed by atoms with Crippen molar-refractivity contribution in [2.24, 2.45) is 0 Å². The summed E-state index contributed by atoms with van der Waals surface area (Å²) in [6.07, 6.45) is 1.35. The Morgan fingerprint density at radius 1 is 1.12 bits per heavy atom. The van der Waals surface area contributed by atoms with Crippen molar-refractivity contribution in [3.63, 3.8) is 0 Å². The van der Waals surface area contributed by atoms with Crippen LogP contribution in [-0.4, -0.2) is 35.4 Å². The first-order valence-corrected chi connectivity index (χ1v) is 12.2.